The number of aliphatic carboxylic acids is 1. The standard InChI is InChI=1S/C14H19FN2O4/c1-8(2)12(13(18)19)17-14(20)16-7-9-5-4-6-10(21-3)11(9)15/h4-6,8,12H,7H2,1-3H3,(H,18,19)(H2,16,17,20). The van der Waals surface area contributed by atoms with E-state index < -0.39 is 23.9 Å². The molecule has 0 aliphatic heterocycles. The maximum atomic E-state index is 13.9. The molecule has 21 heavy (non-hydrogen) atoms. The summed E-state index contributed by atoms with van der Waals surface area (Å²) in [5, 5.41) is 13.7. The topological polar surface area (TPSA) is 87.7 Å². The predicted molar refractivity (Wildman–Crippen MR) is 74.6 cm³/mol. The van der Waals surface area contributed by atoms with Crippen LogP contribution in [0.15, 0.2) is 18.2 Å². The Morgan fingerprint density at radius 1 is 1.38 bits per heavy atom. The monoisotopic (exact) mass is 298 g/mol. The number of amides is 2. The number of hydrogen-bond donors (Lipinski definition) is 3. The van der Waals surface area contributed by atoms with Gasteiger partial charge in [-0.25, -0.2) is 14.0 Å². The first-order chi connectivity index (χ1) is 9.86. The molecule has 0 heterocycles. The van der Waals surface area contributed by atoms with Gasteiger partial charge in [0.25, 0.3) is 0 Å². The number of methoxy groups -OCH3 is 1. The Labute approximate surface area is 122 Å². The molecule has 116 valence electrons. The van der Waals surface area contributed by atoms with Crippen molar-refractivity contribution >= 4 is 12.0 Å². The molecule has 1 aromatic carbocycles. The van der Waals surface area contributed by atoms with Gasteiger partial charge in [-0.3, -0.25) is 0 Å². The molecular formula is C14H19FN2O4. The van der Waals surface area contributed by atoms with Crippen molar-refractivity contribution in [3.63, 3.8) is 0 Å². The fourth-order valence-electron chi connectivity index (χ4n) is 1.73. The van der Waals surface area contributed by atoms with Gasteiger partial charge in [-0.2, -0.15) is 0 Å². The Morgan fingerprint density at radius 3 is 2.57 bits per heavy atom. The average Bonchev–Trinajstić information content (AvgIpc) is 2.43. The van der Waals surface area contributed by atoms with Crippen LogP contribution in [0, 0.1) is 11.7 Å². The van der Waals surface area contributed by atoms with Gasteiger partial charge in [-0.05, 0) is 12.0 Å². The number of nitrogens with one attached hydrogen (secondary N) is 2. The summed E-state index contributed by atoms with van der Waals surface area (Å²) in [4.78, 5) is 22.6. The number of urea groups is 1. The van der Waals surface area contributed by atoms with Crippen LogP contribution in [-0.4, -0.2) is 30.3 Å². The van der Waals surface area contributed by atoms with E-state index in [1.54, 1.807) is 19.9 Å². The summed E-state index contributed by atoms with van der Waals surface area (Å²) in [6.07, 6.45) is 0. The van der Waals surface area contributed by atoms with Crippen molar-refractivity contribution < 1.29 is 23.8 Å². The highest BCUT2D eigenvalue weighted by Gasteiger charge is 2.23. The lowest BCUT2D eigenvalue weighted by Crippen LogP contribution is -2.48. The van der Waals surface area contributed by atoms with Gasteiger partial charge in [0.2, 0.25) is 0 Å². The van der Waals surface area contributed by atoms with Gasteiger partial charge in [0.15, 0.2) is 11.6 Å². The summed E-state index contributed by atoms with van der Waals surface area (Å²) in [6, 6.07) is 2.91. The van der Waals surface area contributed by atoms with Crippen LogP contribution < -0.4 is 15.4 Å². The van der Waals surface area contributed by atoms with Crippen molar-refractivity contribution in [2.24, 2.45) is 5.92 Å². The molecule has 0 aliphatic carbocycles. The number of ether oxygens (including phenoxy) is 1. The van der Waals surface area contributed by atoms with E-state index in [1.807, 2.05) is 0 Å². The number of carbonyl (C=O) groups is 2. The van der Waals surface area contributed by atoms with E-state index in [2.05, 4.69) is 10.6 Å². The third kappa shape index (κ3) is 4.62. The molecule has 0 spiro atoms. The minimum atomic E-state index is -1.12. The number of carboxylic acid groups (broad SMARTS) is 1. The summed E-state index contributed by atoms with van der Waals surface area (Å²) in [5.74, 6) is -1.85. The van der Waals surface area contributed by atoms with Crippen LogP contribution in [0.5, 0.6) is 5.75 Å². The number of benzene rings is 1. The Hall–Kier alpha value is -2.31. The Morgan fingerprint density at radius 2 is 2.05 bits per heavy atom. The average molecular weight is 298 g/mol. The summed E-state index contributed by atoms with van der Waals surface area (Å²) < 4.78 is 18.7. The second kappa shape index (κ2) is 7.47. The second-order valence-corrected chi connectivity index (χ2v) is 4.82. The van der Waals surface area contributed by atoms with Crippen LogP contribution in [0.1, 0.15) is 19.4 Å². The number of hydrogen-bond acceptors (Lipinski definition) is 3. The lowest BCUT2D eigenvalue weighted by Gasteiger charge is -2.18. The van der Waals surface area contributed by atoms with E-state index in [0.29, 0.717) is 0 Å². The second-order valence-electron chi connectivity index (χ2n) is 4.82. The van der Waals surface area contributed by atoms with Crippen molar-refractivity contribution in [3.05, 3.63) is 29.6 Å². The largest absolute Gasteiger partial charge is 0.494 e. The van der Waals surface area contributed by atoms with Crippen LogP contribution in [0.3, 0.4) is 0 Å². The van der Waals surface area contributed by atoms with E-state index in [-0.39, 0.29) is 23.8 Å². The molecule has 0 radical (unpaired) electrons. The van der Waals surface area contributed by atoms with Gasteiger partial charge in [0, 0.05) is 12.1 Å². The van der Waals surface area contributed by atoms with Gasteiger partial charge in [-0.15, -0.1) is 0 Å². The minimum Gasteiger partial charge on any atom is -0.494 e. The molecule has 7 heteroatoms. The molecule has 2 amide bonds. The molecule has 0 aliphatic rings. The van der Waals surface area contributed by atoms with Crippen LogP contribution in [0.4, 0.5) is 9.18 Å². The first-order valence-corrected chi connectivity index (χ1v) is 6.45. The molecule has 3 N–H and O–H groups in total. The molecule has 0 saturated heterocycles. The molecule has 1 unspecified atom stereocenters. The molecular weight excluding hydrogens is 279 g/mol. The SMILES string of the molecule is COc1cccc(CNC(=O)NC(C(=O)O)C(C)C)c1F. The highest BCUT2D eigenvalue weighted by molar-refractivity contribution is 5.82. The first kappa shape index (κ1) is 16.7. The van der Waals surface area contributed by atoms with E-state index in [0.717, 1.165) is 0 Å². The van der Waals surface area contributed by atoms with Gasteiger partial charge in [0.05, 0.1) is 7.11 Å². The number of halogens is 1. The maximum Gasteiger partial charge on any atom is 0.326 e. The highest BCUT2D eigenvalue weighted by atomic mass is 19.1. The fraction of sp³-hybridized carbons (Fsp3) is 0.429. The number of carbonyl (C=O) groups excluding carboxylic acids is 1. The number of carboxylic acids is 1. The molecule has 6 nitrogen and oxygen atoms in total. The number of rotatable bonds is 6. The summed E-state index contributed by atoms with van der Waals surface area (Å²) in [6.45, 7) is 3.29. The van der Waals surface area contributed by atoms with Crippen molar-refractivity contribution in [2.75, 3.05) is 7.11 Å². The highest BCUT2D eigenvalue weighted by Crippen LogP contribution is 2.19. The quantitative estimate of drug-likeness (QED) is 0.746. The van der Waals surface area contributed by atoms with E-state index in [1.165, 1.54) is 19.2 Å². The van der Waals surface area contributed by atoms with Crippen molar-refractivity contribution in [3.8, 4) is 5.75 Å². The van der Waals surface area contributed by atoms with Gasteiger partial charge in [-0.1, -0.05) is 26.0 Å². The first-order valence-electron chi connectivity index (χ1n) is 6.45. The summed E-state index contributed by atoms with van der Waals surface area (Å²) in [5.41, 5.74) is 0.251. The molecule has 1 atom stereocenters. The van der Waals surface area contributed by atoms with E-state index in [4.69, 9.17) is 9.84 Å². The normalized spacial score (nSPS) is 11.9. The fourth-order valence-corrected chi connectivity index (χ4v) is 1.73. The Bertz CT molecular complexity index is 520. The third-order valence-corrected chi connectivity index (χ3v) is 2.92. The summed E-state index contributed by atoms with van der Waals surface area (Å²) >= 11 is 0. The van der Waals surface area contributed by atoms with Gasteiger partial charge in [0.1, 0.15) is 6.04 Å². The van der Waals surface area contributed by atoms with Crippen molar-refractivity contribution in [1.82, 2.24) is 10.6 Å². The molecule has 1 aromatic rings. The maximum absolute atomic E-state index is 13.9. The third-order valence-electron chi connectivity index (χ3n) is 2.92. The van der Waals surface area contributed by atoms with Gasteiger partial charge >= 0.3 is 12.0 Å². The molecule has 0 fully saturated rings. The molecule has 0 bridgehead atoms. The van der Waals surface area contributed by atoms with Crippen LogP contribution in [-0.2, 0) is 11.3 Å². The van der Waals surface area contributed by atoms with Crippen molar-refractivity contribution in [1.29, 1.82) is 0 Å². The zero-order chi connectivity index (χ0) is 16.0. The molecule has 0 aromatic heterocycles. The minimum absolute atomic E-state index is 0.0701. The zero-order valence-electron chi connectivity index (χ0n) is 12.1. The zero-order valence-corrected chi connectivity index (χ0v) is 12.1. The lowest BCUT2D eigenvalue weighted by atomic mass is 10.1. The Kier molecular flexibility index (Phi) is 5.95. The molecule has 1 rings (SSSR count). The predicted octanol–water partition coefficient (Wildman–Crippen LogP) is 1.74. The van der Waals surface area contributed by atoms with Crippen LogP contribution >= 0.6 is 0 Å². The Balaban J connectivity index is 2.63. The van der Waals surface area contributed by atoms with Gasteiger partial charge < -0.3 is 20.5 Å². The lowest BCUT2D eigenvalue weighted by molar-refractivity contribution is -0.140. The van der Waals surface area contributed by atoms with Crippen LogP contribution in [0.2, 0.25) is 0 Å². The van der Waals surface area contributed by atoms with E-state index in [9.17, 15) is 14.0 Å². The summed E-state index contributed by atoms with van der Waals surface area (Å²) in [7, 11) is 1.35. The van der Waals surface area contributed by atoms with Crippen molar-refractivity contribution in [2.45, 2.75) is 26.4 Å². The van der Waals surface area contributed by atoms with Crippen LogP contribution in [0.25, 0.3) is 0 Å². The molecule has 0 saturated carbocycles. The van der Waals surface area contributed by atoms with E-state index >= 15 is 0 Å². The smallest absolute Gasteiger partial charge is 0.326 e.